The van der Waals surface area contributed by atoms with Crippen LogP contribution in [0.25, 0.3) is 0 Å². The Morgan fingerprint density at radius 2 is 2.07 bits per heavy atom. The molecule has 29 heavy (non-hydrogen) atoms. The van der Waals surface area contributed by atoms with Crippen molar-refractivity contribution in [1.29, 1.82) is 0 Å². The van der Waals surface area contributed by atoms with E-state index in [0.717, 1.165) is 10.4 Å². The molecule has 2 aromatic heterocycles. The first kappa shape index (κ1) is 21.2. The van der Waals surface area contributed by atoms with Crippen LogP contribution in [0.4, 0.5) is 10.2 Å². The molecule has 1 atom stereocenters. The topological polar surface area (TPSA) is 131 Å². The fraction of sp³-hybridized carbons (Fsp3) is 0.250. The number of sulfonamides is 1. The van der Waals surface area contributed by atoms with Crippen molar-refractivity contribution in [1.82, 2.24) is 14.3 Å². The van der Waals surface area contributed by atoms with Crippen molar-refractivity contribution < 1.29 is 17.6 Å². The molecule has 0 aliphatic carbocycles. The zero-order valence-corrected chi connectivity index (χ0v) is 17.5. The molecule has 3 N–H and O–H groups in total. The van der Waals surface area contributed by atoms with Crippen molar-refractivity contribution in [3.8, 4) is 0 Å². The molecule has 1 amide bonds. The summed E-state index contributed by atoms with van der Waals surface area (Å²) in [5.74, 6) is -2.34. The normalized spacial score (nSPS) is 20.9. The third kappa shape index (κ3) is 4.11. The van der Waals surface area contributed by atoms with Gasteiger partial charge in [-0.15, -0.1) is 0 Å². The molecule has 0 saturated heterocycles. The Balaban J connectivity index is 1.98. The quantitative estimate of drug-likeness (QED) is 0.673. The highest BCUT2D eigenvalue weighted by atomic mass is 35.5. The number of nitrogens with two attached hydrogens (primary N) is 1. The fourth-order valence-corrected chi connectivity index (χ4v) is 4.60. The molecule has 0 aromatic carbocycles. The lowest BCUT2D eigenvalue weighted by Crippen LogP contribution is -2.50. The smallest absolute Gasteiger partial charge is 0.259 e. The van der Waals surface area contributed by atoms with E-state index in [1.165, 1.54) is 32.3 Å². The van der Waals surface area contributed by atoms with Gasteiger partial charge in [0.1, 0.15) is 33.8 Å². The summed E-state index contributed by atoms with van der Waals surface area (Å²) in [6.45, 7) is 1.39. The van der Waals surface area contributed by atoms with Gasteiger partial charge in [-0.2, -0.15) is 0 Å². The van der Waals surface area contributed by atoms with Gasteiger partial charge in [0.05, 0.1) is 10.6 Å². The van der Waals surface area contributed by atoms with E-state index in [1.54, 1.807) is 0 Å². The minimum atomic E-state index is -3.83. The number of hydrogen-bond donors (Lipinski definition) is 2. The molecule has 0 unspecified atom stereocenters. The number of amides is 1. The Labute approximate surface area is 175 Å². The highest BCUT2D eigenvalue weighted by Gasteiger charge is 2.43. The molecule has 3 rings (SSSR count). The highest BCUT2D eigenvalue weighted by molar-refractivity contribution is 7.89. The number of aromatic nitrogens is 2. The van der Waals surface area contributed by atoms with Crippen molar-refractivity contribution in [3.63, 3.8) is 0 Å². The van der Waals surface area contributed by atoms with E-state index in [0.29, 0.717) is 0 Å². The van der Waals surface area contributed by atoms with Crippen LogP contribution in [0.3, 0.4) is 0 Å². The maximum Gasteiger partial charge on any atom is 0.259 e. The van der Waals surface area contributed by atoms with Crippen LogP contribution in [0.2, 0.25) is 10.2 Å². The summed E-state index contributed by atoms with van der Waals surface area (Å²) in [6.07, 6.45) is 1.18. The van der Waals surface area contributed by atoms with Gasteiger partial charge in [0.15, 0.2) is 0 Å². The maximum atomic E-state index is 14.5. The summed E-state index contributed by atoms with van der Waals surface area (Å²) < 4.78 is 40.0. The number of halogens is 3. The maximum absolute atomic E-state index is 14.5. The first-order valence-electron chi connectivity index (χ1n) is 8.04. The van der Waals surface area contributed by atoms with E-state index >= 15 is 0 Å². The minimum absolute atomic E-state index is 0.0269. The second kappa shape index (κ2) is 7.39. The molecule has 1 aliphatic rings. The molecule has 154 valence electrons. The van der Waals surface area contributed by atoms with Gasteiger partial charge in [-0.3, -0.25) is 4.79 Å². The number of nitrogens with one attached hydrogen (secondary N) is 1. The Hall–Kier alpha value is -2.50. The van der Waals surface area contributed by atoms with Gasteiger partial charge in [-0.1, -0.05) is 23.2 Å². The summed E-state index contributed by atoms with van der Waals surface area (Å²) in [7, 11) is -2.58. The molecule has 0 fully saturated rings. The van der Waals surface area contributed by atoms with Crippen LogP contribution < -0.4 is 11.1 Å². The van der Waals surface area contributed by atoms with Crippen LogP contribution in [-0.2, 0) is 15.6 Å². The number of nitrogens with zero attached hydrogens (tertiary/aromatic N) is 4. The molecule has 0 saturated carbocycles. The molecular weight excluding hydrogens is 446 g/mol. The van der Waals surface area contributed by atoms with E-state index < -0.39 is 33.0 Å². The van der Waals surface area contributed by atoms with Gasteiger partial charge in [-0.25, -0.2) is 32.1 Å². The van der Waals surface area contributed by atoms with Gasteiger partial charge in [0.25, 0.3) is 5.91 Å². The molecule has 1 aliphatic heterocycles. The summed E-state index contributed by atoms with van der Waals surface area (Å²) in [4.78, 5) is 24.4. The summed E-state index contributed by atoms with van der Waals surface area (Å²) >= 11 is 11.7. The minimum Gasteiger partial charge on any atom is -0.369 e. The van der Waals surface area contributed by atoms with Crippen LogP contribution in [0, 0.1) is 5.82 Å². The Morgan fingerprint density at radius 3 is 2.69 bits per heavy atom. The van der Waals surface area contributed by atoms with Gasteiger partial charge < -0.3 is 11.1 Å². The number of carbonyl (C=O) groups excluding carboxylic acids is 1. The summed E-state index contributed by atoms with van der Waals surface area (Å²) in [5, 5.41) is 2.64. The first-order valence-corrected chi connectivity index (χ1v) is 10.4. The van der Waals surface area contributed by atoms with Crippen molar-refractivity contribution >= 4 is 50.9 Å². The molecular formula is C16H15Cl2FN6O3S. The molecule has 0 radical (unpaired) electrons. The Bertz CT molecular complexity index is 1140. The molecule has 3 heterocycles. The number of hydrogen-bond acceptors (Lipinski definition) is 7. The lowest BCUT2D eigenvalue weighted by atomic mass is 10.00. The number of rotatable bonds is 3. The number of anilines is 1. The van der Waals surface area contributed by atoms with Crippen LogP contribution in [0.5, 0.6) is 0 Å². The number of pyridine rings is 2. The van der Waals surface area contributed by atoms with Crippen molar-refractivity contribution in [2.75, 3.05) is 18.1 Å². The molecule has 13 heteroatoms. The Morgan fingerprint density at radius 1 is 1.38 bits per heavy atom. The lowest BCUT2D eigenvalue weighted by Gasteiger charge is -2.33. The Kier molecular flexibility index (Phi) is 5.41. The average Bonchev–Trinajstić information content (AvgIpc) is 2.60. The molecule has 0 spiro atoms. The van der Waals surface area contributed by atoms with E-state index in [1.807, 2.05) is 0 Å². The van der Waals surface area contributed by atoms with Crippen molar-refractivity contribution in [3.05, 3.63) is 51.6 Å². The zero-order chi connectivity index (χ0) is 21.6. The zero-order valence-electron chi connectivity index (χ0n) is 15.1. The molecule has 0 bridgehead atoms. The van der Waals surface area contributed by atoms with Crippen LogP contribution in [0.1, 0.15) is 23.0 Å². The van der Waals surface area contributed by atoms with Gasteiger partial charge in [0.2, 0.25) is 16.0 Å². The SMILES string of the molecule is CN1C(N)=N[C@](C)(c2nc(NC(=O)c3cnc(Cl)cc3Cl)ccc2F)CS1(=O)=O. The second-order valence-corrected chi connectivity index (χ2v) is 9.23. The van der Waals surface area contributed by atoms with Crippen LogP contribution in [-0.4, -0.2) is 47.4 Å². The number of aliphatic imine (C=N–C) groups is 1. The standard InChI is InChI=1S/C16H15Cl2FN6O3S/c1-16(7-29(27,28)25(2)15(20)24-16)13-10(19)3-4-12(22-13)23-14(26)8-6-21-11(18)5-9(8)17/h3-6H,7H2,1-2H3,(H2,20,24)(H,22,23,26)/t16-/m0/s1. The first-order chi connectivity index (χ1) is 13.4. The van der Waals surface area contributed by atoms with Gasteiger partial charge in [0, 0.05) is 13.2 Å². The van der Waals surface area contributed by atoms with E-state index in [9.17, 15) is 17.6 Å². The van der Waals surface area contributed by atoms with Crippen molar-refractivity contribution in [2.45, 2.75) is 12.5 Å². The summed E-state index contributed by atoms with van der Waals surface area (Å²) in [5.41, 5.74) is 3.85. The predicted octanol–water partition coefficient (Wildman–Crippen LogP) is 1.98. The highest BCUT2D eigenvalue weighted by Crippen LogP contribution is 2.33. The largest absolute Gasteiger partial charge is 0.369 e. The van der Waals surface area contributed by atoms with Crippen molar-refractivity contribution in [2.24, 2.45) is 10.7 Å². The van der Waals surface area contributed by atoms with Gasteiger partial charge >= 0.3 is 0 Å². The fourth-order valence-electron chi connectivity index (χ4n) is 2.72. The van der Waals surface area contributed by atoms with Crippen LogP contribution in [0.15, 0.2) is 29.4 Å². The van der Waals surface area contributed by atoms with E-state index in [4.69, 9.17) is 28.9 Å². The summed E-state index contributed by atoms with van der Waals surface area (Å²) in [6, 6.07) is 3.55. The second-order valence-electron chi connectivity index (χ2n) is 6.44. The predicted molar refractivity (Wildman–Crippen MR) is 107 cm³/mol. The lowest BCUT2D eigenvalue weighted by molar-refractivity contribution is 0.102. The monoisotopic (exact) mass is 460 g/mol. The third-order valence-electron chi connectivity index (χ3n) is 4.23. The van der Waals surface area contributed by atoms with Crippen LogP contribution >= 0.6 is 23.2 Å². The number of carbonyl (C=O) groups is 1. The van der Waals surface area contributed by atoms with Gasteiger partial charge in [-0.05, 0) is 25.1 Å². The average molecular weight is 461 g/mol. The molecule has 2 aromatic rings. The third-order valence-corrected chi connectivity index (χ3v) is 6.70. The van der Waals surface area contributed by atoms with E-state index in [-0.39, 0.29) is 33.2 Å². The van der Waals surface area contributed by atoms with E-state index in [2.05, 4.69) is 20.3 Å². The molecule has 9 nitrogen and oxygen atoms in total. The number of guanidine groups is 1.